The highest BCUT2D eigenvalue weighted by Gasteiger charge is 2.22. The zero-order valence-corrected chi connectivity index (χ0v) is 22.6. The Morgan fingerprint density at radius 3 is 2.32 bits per heavy atom. The molecule has 0 saturated heterocycles. The van der Waals surface area contributed by atoms with E-state index in [1.807, 2.05) is 6.92 Å². The van der Waals surface area contributed by atoms with Crippen molar-refractivity contribution < 1.29 is 31.8 Å². The molecular formula is C25H20BrN3O8S. The van der Waals surface area contributed by atoms with E-state index in [-0.39, 0.29) is 43.6 Å². The van der Waals surface area contributed by atoms with Crippen LogP contribution in [0, 0.1) is 28.4 Å². The number of halogens is 1. The van der Waals surface area contributed by atoms with Gasteiger partial charge in [0.1, 0.15) is 22.3 Å². The molecule has 0 aliphatic carbocycles. The first kappa shape index (κ1) is 28.2. The summed E-state index contributed by atoms with van der Waals surface area (Å²) in [4.78, 5) is 23.2. The second-order valence-corrected chi connectivity index (χ2v) is 10.1. The molecule has 0 bridgehead atoms. The van der Waals surface area contributed by atoms with E-state index in [1.165, 1.54) is 56.7 Å². The minimum atomic E-state index is -4.19. The molecule has 3 rings (SSSR count). The number of nitro benzene ring substituents is 1. The summed E-state index contributed by atoms with van der Waals surface area (Å²) in [6.07, 6.45) is 1.23. The van der Waals surface area contributed by atoms with Gasteiger partial charge in [0.25, 0.3) is 11.6 Å². The van der Waals surface area contributed by atoms with Crippen LogP contribution in [0.5, 0.6) is 17.2 Å². The van der Waals surface area contributed by atoms with E-state index in [0.29, 0.717) is 5.56 Å². The maximum atomic E-state index is 12.8. The van der Waals surface area contributed by atoms with E-state index < -0.39 is 20.9 Å². The number of methoxy groups -OCH3 is 2. The Hall–Kier alpha value is -4.41. The molecule has 0 aliphatic heterocycles. The fourth-order valence-electron chi connectivity index (χ4n) is 3.18. The topological polar surface area (TPSA) is 158 Å². The zero-order chi connectivity index (χ0) is 28.0. The Morgan fingerprint density at radius 2 is 1.74 bits per heavy atom. The fourth-order valence-corrected chi connectivity index (χ4v) is 4.78. The highest BCUT2D eigenvalue weighted by molar-refractivity contribution is 9.10. The number of carbonyl (C=O) groups excluding carboxylic acids is 1. The predicted molar refractivity (Wildman–Crippen MR) is 142 cm³/mol. The van der Waals surface area contributed by atoms with Gasteiger partial charge in [-0.1, -0.05) is 17.7 Å². The summed E-state index contributed by atoms with van der Waals surface area (Å²) in [6, 6.07) is 14.3. The number of amides is 1. The molecular weight excluding hydrogens is 582 g/mol. The molecule has 196 valence electrons. The number of nitrogens with one attached hydrogen (secondary N) is 1. The smallest absolute Gasteiger partial charge is 0.339 e. The number of anilines is 1. The molecule has 0 aliphatic rings. The molecule has 0 aromatic heterocycles. The van der Waals surface area contributed by atoms with E-state index in [1.54, 1.807) is 18.2 Å². The van der Waals surface area contributed by atoms with Crippen LogP contribution in [0.25, 0.3) is 6.08 Å². The average Bonchev–Trinajstić information content (AvgIpc) is 2.88. The van der Waals surface area contributed by atoms with Crippen molar-refractivity contribution in [1.29, 1.82) is 5.26 Å². The largest absolute Gasteiger partial charge is 0.495 e. The molecule has 0 heterocycles. The molecule has 0 saturated carbocycles. The third-order valence-corrected chi connectivity index (χ3v) is 6.90. The standard InChI is InChI=1S/C25H20BrN3O8S/c1-15-4-7-19(8-5-15)38(33,34)37-24-20(26)11-16(12-23(24)36-3)10-17(14-27)25(30)28-21-13-18(29(31)32)6-9-22(21)35-2/h4-13H,1-3H3,(H,28,30)/b17-10+. The molecule has 3 aromatic carbocycles. The normalized spacial score (nSPS) is 11.3. The van der Waals surface area contributed by atoms with Gasteiger partial charge in [0.05, 0.1) is 29.3 Å². The number of aryl methyl sites for hydroxylation is 1. The van der Waals surface area contributed by atoms with E-state index in [2.05, 4.69) is 21.2 Å². The number of nitro groups is 1. The van der Waals surface area contributed by atoms with Crippen LogP contribution in [0.4, 0.5) is 11.4 Å². The molecule has 1 N–H and O–H groups in total. The average molecular weight is 602 g/mol. The van der Waals surface area contributed by atoms with Crippen molar-refractivity contribution in [2.45, 2.75) is 11.8 Å². The third-order valence-electron chi connectivity index (χ3n) is 5.07. The third kappa shape index (κ3) is 6.47. The minimum Gasteiger partial charge on any atom is -0.495 e. The number of hydrogen-bond donors (Lipinski definition) is 1. The number of benzene rings is 3. The maximum Gasteiger partial charge on any atom is 0.339 e. The first-order valence-corrected chi connectivity index (χ1v) is 12.8. The Bertz CT molecular complexity index is 1580. The van der Waals surface area contributed by atoms with E-state index in [4.69, 9.17) is 13.7 Å². The highest BCUT2D eigenvalue weighted by Crippen LogP contribution is 2.39. The van der Waals surface area contributed by atoms with Crippen molar-refractivity contribution in [2.24, 2.45) is 0 Å². The lowest BCUT2D eigenvalue weighted by molar-refractivity contribution is -0.384. The van der Waals surface area contributed by atoms with E-state index in [0.717, 1.165) is 11.6 Å². The summed E-state index contributed by atoms with van der Waals surface area (Å²) in [7, 11) is -1.57. The highest BCUT2D eigenvalue weighted by atomic mass is 79.9. The number of ether oxygens (including phenoxy) is 2. The van der Waals surface area contributed by atoms with Gasteiger partial charge in [0.2, 0.25) is 0 Å². The number of non-ortho nitro benzene ring substituents is 1. The second kappa shape index (κ2) is 11.8. The number of hydrogen-bond acceptors (Lipinski definition) is 9. The van der Waals surface area contributed by atoms with Gasteiger partial charge in [0.15, 0.2) is 11.5 Å². The van der Waals surface area contributed by atoms with Gasteiger partial charge in [-0.05, 0) is 64.8 Å². The second-order valence-electron chi connectivity index (χ2n) is 7.65. The lowest BCUT2D eigenvalue weighted by atomic mass is 10.1. The molecule has 0 spiro atoms. The van der Waals surface area contributed by atoms with Gasteiger partial charge < -0.3 is 19.0 Å². The van der Waals surface area contributed by atoms with Crippen LogP contribution in [0.15, 0.2) is 69.5 Å². The Labute approximate surface area is 226 Å². The summed E-state index contributed by atoms with van der Waals surface area (Å²) in [5, 5.41) is 23.1. The summed E-state index contributed by atoms with van der Waals surface area (Å²) in [5.41, 5.74) is 0.533. The molecule has 1 amide bonds. The lowest BCUT2D eigenvalue weighted by Gasteiger charge is -2.14. The lowest BCUT2D eigenvalue weighted by Crippen LogP contribution is -2.14. The van der Waals surface area contributed by atoms with Crippen LogP contribution in [0.1, 0.15) is 11.1 Å². The van der Waals surface area contributed by atoms with Crippen molar-refractivity contribution in [3.05, 3.63) is 85.9 Å². The molecule has 13 heteroatoms. The molecule has 0 radical (unpaired) electrons. The van der Waals surface area contributed by atoms with E-state index >= 15 is 0 Å². The Morgan fingerprint density at radius 1 is 1.08 bits per heavy atom. The van der Waals surface area contributed by atoms with Gasteiger partial charge in [-0.2, -0.15) is 13.7 Å². The van der Waals surface area contributed by atoms with Crippen molar-refractivity contribution in [3.63, 3.8) is 0 Å². The molecule has 38 heavy (non-hydrogen) atoms. The van der Waals surface area contributed by atoms with Crippen LogP contribution in [-0.4, -0.2) is 33.5 Å². The van der Waals surface area contributed by atoms with E-state index in [9.17, 15) is 28.6 Å². The zero-order valence-electron chi connectivity index (χ0n) is 20.2. The molecule has 0 fully saturated rings. The first-order chi connectivity index (χ1) is 18.0. The van der Waals surface area contributed by atoms with Crippen LogP contribution >= 0.6 is 15.9 Å². The monoisotopic (exact) mass is 601 g/mol. The first-order valence-electron chi connectivity index (χ1n) is 10.6. The Balaban J connectivity index is 1.93. The van der Waals surface area contributed by atoms with Crippen LogP contribution in [0.2, 0.25) is 0 Å². The number of nitriles is 1. The number of carbonyl (C=O) groups is 1. The quantitative estimate of drug-likeness (QED) is 0.117. The SMILES string of the molecule is COc1ccc([N+](=O)[O-])cc1NC(=O)/C(C#N)=C/c1cc(Br)c(OS(=O)(=O)c2ccc(C)cc2)c(OC)c1. The summed E-state index contributed by atoms with van der Waals surface area (Å²) >= 11 is 3.26. The molecule has 0 atom stereocenters. The number of rotatable bonds is 9. The molecule has 3 aromatic rings. The van der Waals surface area contributed by atoms with Gasteiger partial charge in [0, 0.05) is 12.1 Å². The van der Waals surface area contributed by atoms with Crippen LogP contribution in [-0.2, 0) is 14.9 Å². The number of nitrogens with zero attached hydrogens (tertiary/aromatic N) is 2. The Kier molecular flexibility index (Phi) is 8.72. The van der Waals surface area contributed by atoms with Crippen molar-refractivity contribution in [2.75, 3.05) is 19.5 Å². The molecule has 11 nitrogen and oxygen atoms in total. The van der Waals surface area contributed by atoms with Crippen LogP contribution < -0.4 is 19.0 Å². The summed E-state index contributed by atoms with van der Waals surface area (Å²) in [6.45, 7) is 1.82. The van der Waals surface area contributed by atoms with Gasteiger partial charge in [-0.3, -0.25) is 14.9 Å². The van der Waals surface area contributed by atoms with Crippen molar-refractivity contribution in [3.8, 4) is 23.3 Å². The fraction of sp³-hybridized carbons (Fsp3) is 0.120. The van der Waals surface area contributed by atoms with Crippen molar-refractivity contribution >= 4 is 49.4 Å². The van der Waals surface area contributed by atoms with Crippen molar-refractivity contribution in [1.82, 2.24) is 0 Å². The summed E-state index contributed by atoms with van der Waals surface area (Å²) < 4.78 is 41.4. The summed E-state index contributed by atoms with van der Waals surface area (Å²) in [5.74, 6) is -0.820. The van der Waals surface area contributed by atoms with Gasteiger partial charge in [-0.15, -0.1) is 0 Å². The minimum absolute atomic E-state index is 0.00308. The van der Waals surface area contributed by atoms with Crippen LogP contribution in [0.3, 0.4) is 0 Å². The maximum absolute atomic E-state index is 12.8. The predicted octanol–water partition coefficient (Wildman–Crippen LogP) is 5.00. The molecule has 0 unspecified atom stereocenters. The van der Waals surface area contributed by atoms with Gasteiger partial charge >= 0.3 is 10.1 Å². The van der Waals surface area contributed by atoms with Gasteiger partial charge in [-0.25, -0.2) is 0 Å².